The van der Waals surface area contributed by atoms with Crippen molar-refractivity contribution in [3.63, 3.8) is 0 Å². The Bertz CT molecular complexity index is 317. The number of aromatic nitrogens is 2. The topological polar surface area (TPSA) is 17.8 Å². The standard InChI is InChI=1S/C11H18N2/c1-8-5-6-13-9(8)7-10(12-13)11(2,3)4/h7-8H,5-6H2,1-4H3. The Kier molecular flexibility index (Phi) is 1.76. The minimum Gasteiger partial charge on any atom is -0.269 e. The average molecular weight is 178 g/mol. The maximum atomic E-state index is 4.63. The van der Waals surface area contributed by atoms with Crippen LogP contribution >= 0.6 is 0 Å². The second kappa shape index (κ2) is 2.60. The van der Waals surface area contributed by atoms with Gasteiger partial charge in [0.25, 0.3) is 0 Å². The van der Waals surface area contributed by atoms with E-state index >= 15 is 0 Å². The van der Waals surface area contributed by atoms with Crippen molar-refractivity contribution >= 4 is 0 Å². The molecule has 13 heavy (non-hydrogen) atoms. The summed E-state index contributed by atoms with van der Waals surface area (Å²) < 4.78 is 2.17. The highest BCUT2D eigenvalue weighted by Gasteiger charge is 2.25. The van der Waals surface area contributed by atoms with Crippen LogP contribution in [0.4, 0.5) is 0 Å². The van der Waals surface area contributed by atoms with Crippen LogP contribution in [0.2, 0.25) is 0 Å². The van der Waals surface area contributed by atoms with Crippen molar-refractivity contribution in [2.75, 3.05) is 0 Å². The molecule has 72 valence electrons. The number of hydrogen-bond donors (Lipinski definition) is 0. The molecule has 2 heteroatoms. The first kappa shape index (κ1) is 8.79. The highest BCUT2D eigenvalue weighted by Crippen LogP contribution is 2.31. The first-order valence-electron chi connectivity index (χ1n) is 5.07. The maximum Gasteiger partial charge on any atom is 0.0680 e. The molecule has 0 amide bonds. The smallest absolute Gasteiger partial charge is 0.0680 e. The summed E-state index contributed by atoms with van der Waals surface area (Å²) in [6.07, 6.45) is 1.26. The Morgan fingerprint density at radius 2 is 2.15 bits per heavy atom. The van der Waals surface area contributed by atoms with Crippen LogP contribution in [0.15, 0.2) is 6.07 Å². The summed E-state index contributed by atoms with van der Waals surface area (Å²) in [5.41, 5.74) is 2.84. The molecule has 0 saturated carbocycles. The number of hydrogen-bond acceptors (Lipinski definition) is 1. The molecule has 1 aliphatic rings. The zero-order chi connectivity index (χ0) is 9.64. The Morgan fingerprint density at radius 3 is 2.69 bits per heavy atom. The number of fused-ring (bicyclic) bond motifs is 1. The summed E-state index contributed by atoms with van der Waals surface area (Å²) in [6.45, 7) is 10.0. The van der Waals surface area contributed by atoms with Gasteiger partial charge >= 0.3 is 0 Å². The van der Waals surface area contributed by atoms with E-state index in [-0.39, 0.29) is 5.41 Å². The zero-order valence-electron chi connectivity index (χ0n) is 8.96. The van der Waals surface area contributed by atoms with Crippen molar-refractivity contribution in [2.24, 2.45) is 0 Å². The van der Waals surface area contributed by atoms with Crippen LogP contribution < -0.4 is 0 Å². The lowest BCUT2D eigenvalue weighted by Gasteiger charge is -2.14. The van der Waals surface area contributed by atoms with Crippen molar-refractivity contribution in [2.45, 2.75) is 52.0 Å². The molecular weight excluding hydrogens is 160 g/mol. The molecule has 2 heterocycles. The third-order valence-corrected chi connectivity index (χ3v) is 2.86. The normalized spacial score (nSPS) is 22.0. The predicted molar refractivity (Wildman–Crippen MR) is 54.0 cm³/mol. The van der Waals surface area contributed by atoms with Gasteiger partial charge in [-0.1, -0.05) is 27.7 Å². The van der Waals surface area contributed by atoms with E-state index in [1.165, 1.54) is 17.8 Å². The first-order valence-corrected chi connectivity index (χ1v) is 5.07. The monoisotopic (exact) mass is 178 g/mol. The zero-order valence-corrected chi connectivity index (χ0v) is 8.96. The van der Waals surface area contributed by atoms with Gasteiger partial charge in [0, 0.05) is 17.7 Å². The third-order valence-electron chi connectivity index (χ3n) is 2.86. The SMILES string of the molecule is CC1CCn2nc(C(C)(C)C)cc21. The molecule has 1 aliphatic heterocycles. The molecule has 0 N–H and O–H groups in total. The van der Waals surface area contributed by atoms with Crippen LogP contribution in [0.3, 0.4) is 0 Å². The molecule has 1 aromatic rings. The quantitative estimate of drug-likeness (QED) is 0.597. The van der Waals surface area contributed by atoms with Gasteiger partial charge in [0.15, 0.2) is 0 Å². The molecule has 1 atom stereocenters. The molecule has 0 radical (unpaired) electrons. The van der Waals surface area contributed by atoms with E-state index < -0.39 is 0 Å². The maximum absolute atomic E-state index is 4.63. The van der Waals surface area contributed by atoms with Gasteiger partial charge < -0.3 is 0 Å². The van der Waals surface area contributed by atoms with E-state index in [4.69, 9.17) is 0 Å². The van der Waals surface area contributed by atoms with Crippen LogP contribution in [-0.2, 0) is 12.0 Å². The molecule has 0 aliphatic carbocycles. The number of rotatable bonds is 0. The van der Waals surface area contributed by atoms with Gasteiger partial charge in [-0.05, 0) is 18.4 Å². The van der Waals surface area contributed by atoms with E-state index in [0.29, 0.717) is 5.92 Å². The molecule has 0 fully saturated rings. The summed E-state index contributed by atoms with van der Waals surface area (Å²) in [5.74, 6) is 0.698. The molecule has 2 rings (SSSR count). The van der Waals surface area contributed by atoms with Crippen LogP contribution in [0.5, 0.6) is 0 Å². The van der Waals surface area contributed by atoms with Crippen molar-refractivity contribution in [3.05, 3.63) is 17.5 Å². The molecule has 1 aromatic heterocycles. The molecule has 0 saturated heterocycles. The van der Waals surface area contributed by atoms with Gasteiger partial charge in [-0.25, -0.2) is 0 Å². The van der Waals surface area contributed by atoms with Crippen LogP contribution in [0.25, 0.3) is 0 Å². The minimum absolute atomic E-state index is 0.192. The van der Waals surface area contributed by atoms with Crippen molar-refractivity contribution in [3.8, 4) is 0 Å². The fourth-order valence-electron chi connectivity index (χ4n) is 1.84. The Balaban J connectivity index is 2.40. The van der Waals surface area contributed by atoms with Crippen molar-refractivity contribution in [1.29, 1.82) is 0 Å². The van der Waals surface area contributed by atoms with Gasteiger partial charge in [-0.15, -0.1) is 0 Å². The summed E-state index contributed by atoms with van der Waals surface area (Å²) in [7, 11) is 0. The summed E-state index contributed by atoms with van der Waals surface area (Å²) >= 11 is 0. The van der Waals surface area contributed by atoms with E-state index in [1.807, 2.05) is 0 Å². The lowest BCUT2D eigenvalue weighted by molar-refractivity contribution is 0.537. The Morgan fingerprint density at radius 1 is 1.46 bits per heavy atom. The third kappa shape index (κ3) is 1.38. The van der Waals surface area contributed by atoms with Crippen LogP contribution in [-0.4, -0.2) is 9.78 Å². The second-order valence-corrected chi connectivity index (χ2v) is 5.12. The second-order valence-electron chi connectivity index (χ2n) is 5.12. The van der Waals surface area contributed by atoms with E-state index in [1.54, 1.807) is 0 Å². The predicted octanol–water partition coefficient (Wildman–Crippen LogP) is 2.69. The molecule has 0 bridgehead atoms. The molecule has 0 spiro atoms. The number of aryl methyl sites for hydroxylation is 1. The Hall–Kier alpha value is -0.790. The lowest BCUT2D eigenvalue weighted by atomic mass is 9.91. The van der Waals surface area contributed by atoms with E-state index in [0.717, 1.165) is 6.54 Å². The molecule has 0 aromatic carbocycles. The van der Waals surface area contributed by atoms with Crippen LogP contribution in [0, 0.1) is 0 Å². The van der Waals surface area contributed by atoms with Crippen molar-refractivity contribution < 1.29 is 0 Å². The number of nitrogens with zero attached hydrogens (tertiary/aromatic N) is 2. The highest BCUT2D eigenvalue weighted by atomic mass is 15.3. The first-order chi connectivity index (χ1) is 5.98. The van der Waals surface area contributed by atoms with Gasteiger partial charge in [-0.3, -0.25) is 4.68 Å². The van der Waals surface area contributed by atoms with E-state index in [2.05, 4.69) is 43.5 Å². The average Bonchev–Trinajstić information content (AvgIpc) is 2.51. The van der Waals surface area contributed by atoms with Gasteiger partial charge in [0.2, 0.25) is 0 Å². The van der Waals surface area contributed by atoms with Crippen molar-refractivity contribution in [1.82, 2.24) is 9.78 Å². The van der Waals surface area contributed by atoms with Gasteiger partial charge in [-0.2, -0.15) is 5.10 Å². The summed E-state index contributed by atoms with van der Waals surface area (Å²) in [4.78, 5) is 0. The van der Waals surface area contributed by atoms with Gasteiger partial charge in [0.1, 0.15) is 0 Å². The lowest BCUT2D eigenvalue weighted by Crippen LogP contribution is -2.12. The van der Waals surface area contributed by atoms with E-state index in [9.17, 15) is 0 Å². The fourth-order valence-corrected chi connectivity index (χ4v) is 1.84. The molecular formula is C11H18N2. The summed E-state index contributed by atoms with van der Waals surface area (Å²) in [6, 6.07) is 2.28. The molecule has 2 nitrogen and oxygen atoms in total. The Labute approximate surface area is 80.0 Å². The summed E-state index contributed by atoms with van der Waals surface area (Å²) in [5, 5.41) is 4.63. The minimum atomic E-state index is 0.192. The van der Waals surface area contributed by atoms with Gasteiger partial charge in [0.05, 0.1) is 5.69 Å². The van der Waals surface area contributed by atoms with Crippen LogP contribution in [0.1, 0.15) is 51.4 Å². The molecule has 1 unspecified atom stereocenters. The highest BCUT2D eigenvalue weighted by molar-refractivity contribution is 5.21. The fraction of sp³-hybridized carbons (Fsp3) is 0.727. The largest absolute Gasteiger partial charge is 0.269 e.